The van der Waals surface area contributed by atoms with E-state index in [9.17, 15) is 0 Å². The van der Waals surface area contributed by atoms with Crippen LogP contribution in [0.1, 0.15) is 26.7 Å². The van der Waals surface area contributed by atoms with E-state index >= 15 is 0 Å². The van der Waals surface area contributed by atoms with E-state index in [0.29, 0.717) is 11.8 Å². The molecule has 0 aliphatic carbocycles. The molecule has 0 N–H and O–H groups in total. The van der Waals surface area contributed by atoms with Gasteiger partial charge in [-0.25, -0.2) is 0 Å². The fourth-order valence-electron chi connectivity index (χ4n) is 0.567. The van der Waals surface area contributed by atoms with Gasteiger partial charge in [0, 0.05) is 14.7 Å². The maximum absolute atomic E-state index is 5.35. The van der Waals surface area contributed by atoms with Gasteiger partial charge in [-0.2, -0.15) is 0 Å². The lowest BCUT2D eigenvalue weighted by molar-refractivity contribution is 0.875. The van der Waals surface area contributed by atoms with Crippen molar-refractivity contribution in [3.05, 3.63) is 0 Å². The Hall–Kier alpha value is 0.597. The summed E-state index contributed by atoms with van der Waals surface area (Å²) in [5, 5.41) is 1.67. The third-order valence-corrected chi connectivity index (χ3v) is 3.81. The first kappa shape index (κ1) is 16.0. The molecule has 0 aromatic heterocycles. The van der Waals surface area contributed by atoms with Crippen LogP contribution in [0.4, 0.5) is 0 Å². The summed E-state index contributed by atoms with van der Waals surface area (Å²) in [6, 6.07) is 1.50. The van der Waals surface area contributed by atoms with E-state index in [2.05, 4.69) is 32.2 Å². The molecule has 1 unspecified atom stereocenters. The minimum atomic E-state index is 0.103. The van der Waals surface area contributed by atoms with Gasteiger partial charge >= 0.3 is 0 Å². The molecule has 3 heteroatoms. The molecule has 79 valence electrons. The van der Waals surface area contributed by atoms with Crippen LogP contribution >= 0.6 is 23.8 Å². The molecule has 0 aliphatic heterocycles. The summed E-state index contributed by atoms with van der Waals surface area (Å²) in [4.78, 5) is 0. The molecule has 0 fully saturated rings. The van der Waals surface area contributed by atoms with Crippen LogP contribution < -0.4 is 0 Å². The third kappa shape index (κ3) is 19.1. The summed E-state index contributed by atoms with van der Waals surface area (Å²) < 4.78 is 0. The van der Waals surface area contributed by atoms with Crippen molar-refractivity contribution in [3.8, 4) is 0 Å². The molecule has 13 heavy (non-hydrogen) atoms. The molecule has 0 aromatic carbocycles. The zero-order valence-corrected chi connectivity index (χ0v) is 11.8. The van der Waals surface area contributed by atoms with Crippen LogP contribution in [0.15, 0.2) is 0 Å². The van der Waals surface area contributed by atoms with E-state index in [4.69, 9.17) is 11.6 Å². The van der Waals surface area contributed by atoms with E-state index in [1.165, 1.54) is 18.9 Å². The number of hydrogen-bond donors (Lipinski definition) is 0. The minimum absolute atomic E-state index is 0.103. The van der Waals surface area contributed by atoms with Crippen LogP contribution in [0.5, 0.6) is 0 Å². The topological polar surface area (TPSA) is 0 Å². The summed E-state index contributed by atoms with van der Waals surface area (Å²) in [6.07, 6.45) is 2.82. The monoisotopic (exact) mass is 237 g/mol. The van der Waals surface area contributed by atoms with E-state index < -0.39 is 0 Å². The number of rotatable bonds is 5. The van der Waals surface area contributed by atoms with Crippen molar-refractivity contribution in [1.82, 2.24) is 0 Å². The molecule has 1 atom stereocenters. The number of alkyl halides is 1. The van der Waals surface area contributed by atoms with Crippen LogP contribution in [0.25, 0.3) is 0 Å². The van der Waals surface area contributed by atoms with Gasteiger partial charge in [0.05, 0.1) is 0 Å². The van der Waals surface area contributed by atoms with E-state index in [-0.39, 0.29) is 8.80 Å². The van der Waals surface area contributed by atoms with Gasteiger partial charge in [0.1, 0.15) is 0 Å². The summed E-state index contributed by atoms with van der Waals surface area (Å²) in [5.41, 5.74) is 0. The SMILES string of the molecule is CC(C=S)CCl.CCCC[Si](C)C. The smallest absolute Gasteiger partial charge is 0.0412 e. The highest BCUT2D eigenvalue weighted by atomic mass is 35.5. The van der Waals surface area contributed by atoms with E-state index in [1.54, 1.807) is 5.37 Å². The van der Waals surface area contributed by atoms with Crippen molar-refractivity contribution < 1.29 is 0 Å². The number of thiocarbonyl (C=S) groups is 1. The van der Waals surface area contributed by atoms with Gasteiger partial charge in [0.25, 0.3) is 0 Å². The van der Waals surface area contributed by atoms with Gasteiger partial charge in [-0.3, -0.25) is 0 Å². The second-order valence-corrected chi connectivity index (χ2v) is 7.07. The summed E-state index contributed by atoms with van der Waals surface area (Å²) >= 11 is 9.92. The molecular formula is C10H22ClSSi. The number of hydrogen-bond acceptors (Lipinski definition) is 1. The lowest BCUT2D eigenvalue weighted by Gasteiger charge is -1.96. The minimum Gasteiger partial charge on any atom is -0.126 e. The molecular weight excluding hydrogens is 216 g/mol. The predicted molar refractivity (Wildman–Crippen MR) is 70.7 cm³/mol. The van der Waals surface area contributed by atoms with Crippen LogP contribution in [0, 0.1) is 5.92 Å². The van der Waals surface area contributed by atoms with E-state index in [1.807, 2.05) is 6.92 Å². The highest BCUT2D eigenvalue weighted by Crippen LogP contribution is 1.98. The molecule has 0 aliphatic rings. The maximum Gasteiger partial charge on any atom is 0.0412 e. The summed E-state index contributed by atoms with van der Waals surface area (Å²) in [7, 11) is 0.103. The molecule has 0 bridgehead atoms. The van der Waals surface area contributed by atoms with Crippen molar-refractivity contribution >= 4 is 38.0 Å². The average Bonchev–Trinajstić information content (AvgIpc) is 2.14. The lowest BCUT2D eigenvalue weighted by Crippen LogP contribution is -1.96. The molecule has 0 amide bonds. The Balaban J connectivity index is 0. The van der Waals surface area contributed by atoms with Gasteiger partial charge in [-0.1, -0.05) is 58.0 Å². The normalized spacial score (nSPS) is 11.8. The largest absolute Gasteiger partial charge is 0.126 e. The van der Waals surface area contributed by atoms with Gasteiger partial charge < -0.3 is 0 Å². The standard InChI is InChI=1S/C6H15Si.C4H7ClS/c1-4-5-6-7(2)3;1-4(2-5)3-6/h4-6H2,1-3H3;3-4H,2H2,1H3. The van der Waals surface area contributed by atoms with Gasteiger partial charge in [0.15, 0.2) is 0 Å². The Bertz CT molecular complexity index is 107. The molecule has 0 rings (SSSR count). The molecule has 0 nitrogen and oxygen atoms in total. The number of unbranched alkanes of at least 4 members (excludes halogenated alkanes) is 1. The van der Waals surface area contributed by atoms with Crippen molar-refractivity contribution in [2.75, 3.05) is 5.88 Å². The average molecular weight is 238 g/mol. The second kappa shape index (κ2) is 12.6. The van der Waals surface area contributed by atoms with E-state index in [0.717, 1.165) is 0 Å². The van der Waals surface area contributed by atoms with Crippen LogP contribution in [-0.4, -0.2) is 20.0 Å². The van der Waals surface area contributed by atoms with Crippen LogP contribution in [0.3, 0.4) is 0 Å². The lowest BCUT2D eigenvalue weighted by atomic mass is 10.3. The predicted octanol–water partition coefficient (Wildman–Crippen LogP) is 4.40. The highest BCUT2D eigenvalue weighted by molar-refractivity contribution is 7.79. The zero-order chi connectivity index (χ0) is 10.7. The van der Waals surface area contributed by atoms with Crippen molar-refractivity contribution in [2.45, 2.75) is 45.8 Å². The fourth-order valence-corrected chi connectivity index (χ4v) is 1.92. The fraction of sp³-hybridized carbons (Fsp3) is 0.900. The molecule has 0 spiro atoms. The molecule has 0 saturated carbocycles. The molecule has 0 aromatic rings. The van der Waals surface area contributed by atoms with Gasteiger partial charge in [-0.15, -0.1) is 11.6 Å². The Morgan fingerprint density at radius 3 is 2.08 bits per heavy atom. The highest BCUT2D eigenvalue weighted by Gasteiger charge is 1.91. The van der Waals surface area contributed by atoms with Crippen molar-refractivity contribution in [3.63, 3.8) is 0 Å². The first-order valence-electron chi connectivity index (χ1n) is 4.88. The van der Waals surface area contributed by atoms with Crippen LogP contribution in [0.2, 0.25) is 19.1 Å². The zero-order valence-electron chi connectivity index (χ0n) is 9.27. The molecule has 1 radical (unpaired) electrons. The third-order valence-electron chi connectivity index (χ3n) is 1.51. The first-order valence-corrected chi connectivity index (χ1v) is 8.60. The Morgan fingerprint density at radius 2 is 2.00 bits per heavy atom. The Kier molecular flexibility index (Phi) is 15.5. The van der Waals surface area contributed by atoms with Crippen molar-refractivity contribution in [1.29, 1.82) is 0 Å². The molecule has 0 heterocycles. The van der Waals surface area contributed by atoms with Gasteiger partial charge in [0.2, 0.25) is 0 Å². The summed E-state index contributed by atoms with van der Waals surface area (Å²) in [5.74, 6) is 1.03. The Morgan fingerprint density at radius 1 is 1.46 bits per heavy atom. The quantitative estimate of drug-likeness (QED) is 0.388. The molecule has 0 saturated heterocycles. The second-order valence-electron chi connectivity index (χ2n) is 3.58. The number of halogens is 1. The van der Waals surface area contributed by atoms with Crippen LogP contribution in [-0.2, 0) is 0 Å². The first-order chi connectivity index (χ1) is 6.08. The van der Waals surface area contributed by atoms with Gasteiger partial charge in [-0.05, 0) is 11.3 Å². The summed E-state index contributed by atoms with van der Waals surface area (Å²) in [6.45, 7) is 8.99. The van der Waals surface area contributed by atoms with Crippen molar-refractivity contribution in [2.24, 2.45) is 5.92 Å². The Labute approximate surface area is 95.7 Å². The maximum atomic E-state index is 5.35.